The highest BCUT2D eigenvalue weighted by molar-refractivity contribution is 7.89. The lowest BCUT2D eigenvalue weighted by molar-refractivity contribution is -0.125. The maximum atomic E-state index is 13.0. The van der Waals surface area contributed by atoms with Gasteiger partial charge in [-0.3, -0.25) is 9.59 Å². The maximum Gasteiger partial charge on any atom is 0.243 e. The van der Waals surface area contributed by atoms with E-state index in [1.54, 1.807) is 25.1 Å². The molecule has 0 aromatic heterocycles. The van der Waals surface area contributed by atoms with Crippen molar-refractivity contribution in [3.05, 3.63) is 54.6 Å². The molecule has 182 valence electrons. The summed E-state index contributed by atoms with van der Waals surface area (Å²) < 4.78 is 27.3. The second kappa shape index (κ2) is 10.6. The first-order valence-corrected chi connectivity index (χ1v) is 13.3. The van der Waals surface area contributed by atoms with Crippen LogP contribution in [0.3, 0.4) is 0 Å². The number of nitrogens with one attached hydrogen (secondary N) is 2. The second-order valence-corrected chi connectivity index (χ2v) is 10.9. The standard InChI is InChI=1S/C25H32N4O4S/c1-19(17-24(30)27-20-9-7-10-21(18-20)28-14-5-6-15-28)26-25(31)23-13-8-16-29(23)34(32,33)22-11-3-2-4-12-22/h2-4,7,9-12,18-19,23H,5-6,8,13-17H2,1H3,(H,26,31)(H,27,30). The van der Waals surface area contributed by atoms with E-state index in [0.29, 0.717) is 19.4 Å². The maximum absolute atomic E-state index is 13.0. The van der Waals surface area contributed by atoms with Gasteiger partial charge in [0, 0.05) is 43.5 Å². The van der Waals surface area contributed by atoms with E-state index in [9.17, 15) is 18.0 Å². The van der Waals surface area contributed by atoms with Gasteiger partial charge in [-0.05, 0) is 62.9 Å². The van der Waals surface area contributed by atoms with Crippen LogP contribution in [-0.4, -0.2) is 56.3 Å². The average molecular weight is 485 g/mol. The van der Waals surface area contributed by atoms with E-state index in [0.717, 1.165) is 24.5 Å². The molecule has 2 unspecified atom stereocenters. The number of nitrogens with zero attached hydrogens (tertiary/aromatic N) is 2. The minimum atomic E-state index is -3.75. The van der Waals surface area contributed by atoms with Gasteiger partial charge < -0.3 is 15.5 Å². The van der Waals surface area contributed by atoms with Crippen LogP contribution in [0.5, 0.6) is 0 Å². The van der Waals surface area contributed by atoms with Crippen molar-refractivity contribution in [1.82, 2.24) is 9.62 Å². The summed E-state index contributed by atoms with van der Waals surface area (Å²) in [6.45, 7) is 4.11. The predicted molar refractivity (Wildman–Crippen MR) is 132 cm³/mol. The molecule has 2 N–H and O–H groups in total. The third-order valence-corrected chi connectivity index (χ3v) is 8.26. The van der Waals surface area contributed by atoms with Gasteiger partial charge in [-0.15, -0.1) is 0 Å². The molecule has 2 atom stereocenters. The fourth-order valence-corrected chi connectivity index (χ4v) is 6.33. The Morgan fingerprint density at radius 2 is 1.74 bits per heavy atom. The number of amides is 2. The summed E-state index contributed by atoms with van der Waals surface area (Å²) in [4.78, 5) is 28.0. The number of anilines is 2. The molecule has 0 bridgehead atoms. The molecule has 2 aromatic rings. The Balaban J connectivity index is 1.33. The SMILES string of the molecule is CC(CC(=O)Nc1cccc(N2CCCC2)c1)NC(=O)C1CCCN1S(=O)(=O)c1ccccc1. The Morgan fingerprint density at radius 3 is 2.47 bits per heavy atom. The molecule has 2 saturated heterocycles. The van der Waals surface area contributed by atoms with Crippen molar-refractivity contribution < 1.29 is 18.0 Å². The number of rotatable bonds is 8. The molecule has 0 aliphatic carbocycles. The normalized spacial score (nSPS) is 19.7. The van der Waals surface area contributed by atoms with Crippen LogP contribution in [0.1, 0.15) is 39.0 Å². The summed E-state index contributed by atoms with van der Waals surface area (Å²) >= 11 is 0. The average Bonchev–Trinajstić information content (AvgIpc) is 3.52. The smallest absolute Gasteiger partial charge is 0.243 e. The quantitative estimate of drug-likeness (QED) is 0.600. The first-order chi connectivity index (χ1) is 16.3. The van der Waals surface area contributed by atoms with Crippen LogP contribution in [0.25, 0.3) is 0 Å². The van der Waals surface area contributed by atoms with Crippen molar-refractivity contribution in [1.29, 1.82) is 0 Å². The van der Waals surface area contributed by atoms with Crippen molar-refractivity contribution in [3.63, 3.8) is 0 Å². The van der Waals surface area contributed by atoms with Gasteiger partial charge in [0.1, 0.15) is 6.04 Å². The second-order valence-electron chi connectivity index (χ2n) is 8.99. The van der Waals surface area contributed by atoms with E-state index in [1.165, 1.54) is 29.3 Å². The lowest BCUT2D eigenvalue weighted by atomic mass is 10.1. The summed E-state index contributed by atoms with van der Waals surface area (Å²) in [6, 6.07) is 14.7. The van der Waals surface area contributed by atoms with Gasteiger partial charge >= 0.3 is 0 Å². The van der Waals surface area contributed by atoms with Crippen molar-refractivity contribution in [2.75, 3.05) is 29.9 Å². The van der Waals surface area contributed by atoms with Gasteiger partial charge in [-0.25, -0.2) is 8.42 Å². The lowest BCUT2D eigenvalue weighted by Crippen LogP contribution is -2.48. The van der Waals surface area contributed by atoms with Crippen LogP contribution in [0.4, 0.5) is 11.4 Å². The zero-order valence-electron chi connectivity index (χ0n) is 19.4. The molecule has 0 saturated carbocycles. The van der Waals surface area contributed by atoms with Gasteiger partial charge in [0.2, 0.25) is 21.8 Å². The first-order valence-electron chi connectivity index (χ1n) is 11.9. The molecule has 2 aliphatic rings. The monoisotopic (exact) mass is 484 g/mol. The summed E-state index contributed by atoms with van der Waals surface area (Å²) in [5.41, 5.74) is 1.82. The van der Waals surface area contributed by atoms with E-state index >= 15 is 0 Å². The third kappa shape index (κ3) is 5.59. The Kier molecular flexibility index (Phi) is 7.53. The fraction of sp³-hybridized carbons (Fsp3) is 0.440. The number of sulfonamides is 1. The van der Waals surface area contributed by atoms with Crippen LogP contribution >= 0.6 is 0 Å². The molecule has 2 aromatic carbocycles. The van der Waals surface area contributed by atoms with Crippen molar-refractivity contribution in [3.8, 4) is 0 Å². The van der Waals surface area contributed by atoms with Crippen LogP contribution < -0.4 is 15.5 Å². The molecule has 2 fully saturated rings. The van der Waals surface area contributed by atoms with Gasteiger partial charge in [0.05, 0.1) is 4.90 Å². The summed E-state index contributed by atoms with van der Waals surface area (Å²) in [5.74, 6) is -0.570. The van der Waals surface area contributed by atoms with Crippen LogP contribution in [0, 0.1) is 0 Å². The Bertz CT molecular complexity index is 1120. The number of hydrogen-bond acceptors (Lipinski definition) is 5. The molecular weight excluding hydrogens is 452 g/mol. The van der Waals surface area contributed by atoms with E-state index in [2.05, 4.69) is 15.5 Å². The zero-order valence-corrected chi connectivity index (χ0v) is 20.3. The fourth-order valence-electron chi connectivity index (χ4n) is 4.65. The molecule has 2 amide bonds. The van der Waals surface area contributed by atoms with Gasteiger partial charge in [0.15, 0.2) is 0 Å². The molecule has 9 heteroatoms. The molecule has 4 rings (SSSR count). The highest BCUT2D eigenvalue weighted by Gasteiger charge is 2.39. The molecule has 2 aliphatic heterocycles. The topological polar surface area (TPSA) is 98.8 Å². The number of benzene rings is 2. The zero-order chi connectivity index (χ0) is 24.1. The van der Waals surface area contributed by atoms with E-state index in [1.807, 2.05) is 24.3 Å². The molecule has 0 radical (unpaired) electrons. The first kappa shape index (κ1) is 24.2. The summed E-state index contributed by atoms with van der Waals surface area (Å²) in [5, 5.41) is 5.74. The minimum Gasteiger partial charge on any atom is -0.371 e. The molecule has 34 heavy (non-hydrogen) atoms. The Hall–Kier alpha value is -2.91. The van der Waals surface area contributed by atoms with Crippen molar-refractivity contribution >= 4 is 33.2 Å². The highest BCUT2D eigenvalue weighted by Crippen LogP contribution is 2.26. The van der Waals surface area contributed by atoms with Crippen molar-refractivity contribution in [2.45, 2.75) is 56.0 Å². The Labute approximate surface area is 201 Å². The van der Waals surface area contributed by atoms with E-state index in [-0.39, 0.29) is 23.1 Å². The number of hydrogen-bond donors (Lipinski definition) is 2. The van der Waals surface area contributed by atoms with Gasteiger partial charge in [0.25, 0.3) is 0 Å². The van der Waals surface area contributed by atoms with Crippen LogP contribution in [0.15, 0.2) is 59.5 Å². The summed E-state index contributed by atoms with van der Waals surface area (Å²) in [7, 11) is -3.75. The molecular formula is C25H32N4O4S. The molecule has 8 nitrogen and oxygen atoms in total. The number of carbonyl (C=O) groups is 2. The van der Waals surface area contributed by atoms with E-state index in [4.69, 9.17) is 0 Å². The molecule has 2 heterocycles. The number of carbonyl (C=O) groups excluding carboxylic acids is 2. The highest BCUT2D eigenvalue weighted by atomic mass is 32.2. The third-order valence-electron chi connectivity index (χ3n) is 6.34. The van der Waals surface area contributed by atoms with Crippen molar-refractivity contribution in [2.24, 2.45) is 0 Å². The lowest BCUT2D eigenvalue weighted by Gasteiger charge is -2.25. The largest absolute Gasteiger partial charge is 0.371 e. The van der Waals surface area contributed by atoms with E-state index < -0.39 is 22.1 Å². The summed E-state index contributed by atoms with van der Waals surface area (Å²) in [6.07, 6.45) is 3.53. The van der Waals surface area contributed by atoms with Crippen LogP contribution in [-0.2, 0) is 19.6 Å². The van der Waals surface area contributed by atoms with Gasteiger partial charge in [-0.2, -0.15) is 4.31 Å². The molecule has 0 spiro atoms. The minimum absolute atomic E-state index is 0.0951. The Morgan fingerprint density at radius 1 is 1.00 bits per heavy atom. The van der Waals surface area contributed by atoms with Gasteiger partial charge in [-0.1, -0.05) is 24.3 Å². The van der Waals surface area contributed by atoms with Crippen LogP contribution in [0.2, 0.25) is 0 Å². The predicted octanol–water partition coefficient (Wildman–Crippen LogP) is 2.97.